The number of hydrogen-bond donors (Lipinski definition) is 2. The van der Waals surface area contributed by atoms with E-state index in [4.69, 9.17) is 4.74 Å². The Bertz CT molecular complexity index is 1100. The molecule has 0 bridgehead atoms. The summed E-state index contributed by atoms with van der Waals surface area (Å²) in [5.41, 5.74) is 1.90. The molecule has 156 valence electrons. The Hall–Kier alpha value is -3.27. The van der Waals surface area contributed by atoms with Crippen LogP contribution in [-0.2, 0) is 4.79 Å². The average Bonchev–Trinajstić information content (AvgIpc) is 3.47. The van der Waals surface area contributed by atoms with Gasteiger partial charge in [-0.1, -0.05) is 6.07 Å². The second kappa shape index (κ2) is 7.52. The predicted molar refractivity (Wildman–Crippen MR) is 110 cm³/mol. The highest BCUT2D eigenvalue weighted by Gasteiger charge is 2.28. The third-order valence-electron chi connectivity index (χ3n) is 5.47. The predicted octanol–water partition coefficient (Wildman–Crippen LogP) is 1.65. The van der Waals surface area contributed by atoms with Gasteiger partial charge < -0.3 is 15.4 Å². The minimum absolute atomic E-state index is 0.0251. The summed E-state index contributed by atoms with van der Waals surface area (Å²) in [7, 11) is 1.55. The maximum atomic E-state index is 13.9. The lowest BCUT2D eigenvalue weighted by atomic mass is 10.2. The molecule has 3 aromatic heterocycles. The van der Waals surface area contributed by atoms with Gasteiger partial charge in [-0.3, -0.25) is 9.69 Å². The number of imidazole rings is 1. The van der Waals surface area contributed by atoms with Crippen LogP contribution in [0.25, 0.3) is 17.0 Å². The van der Waals surface area contributed by atoms with Crippen molar-refractivity contribution >= 4 is 23.2 Å². The topological polar surface area (TPSA) is 96.7 Å². The number of rotatable bonds is 5. The summed E-state index contributed by atoms with van der Waals surface area (Å²) in [4.78, 5) is 22.9. The Balaban J connectivity index is 1.53. The van der Waals surface area contributed by atoms with Crippen molar-refractivity contribution in [3.63, 3.8) is 0 Å². The SMILES string of the molecule is COc1cc2ncc(-c3cccc(NC4CNCC4F)n3)n2nc1N1CCCC1=O. The quantitative estimate of drug-likeness (QED) is 0.659. The molecule has 2 saturated heterocycles. The number of nitrogens with zero attached hydrogens (tertiary/aromatic N) is 5. The molecule has 0 aromatic carbocycles. The van der Waals surface area contributed by atoms with E-state index in [0.717, 1.165) is 6.42 Å². The van der Waals surface area contributed by atoms with Crippen LogP contribution in [0.2, 0.25) is 0 Å². The lowest BCUT2D eigenvalue weighted by Crippen LogP contribution is -2.29. The molecule has 0 spiro atoms. The van der Waals surface area contributed by atoms with Gasteiger partial charge in [0, 0.05) is 32.1 Å². The minimum Gasteiger partial charge on any atom is -0.493 e. The van der Waals surface area contributed by atoms with Crippen molar-refractivity contribution in [1.82, 2.24) is 24.9 Å². The second-order valence-electron chi connectivity index (χ2n) is 7.43. The first-order valence-electron chi connectivity index (χ1n) is 9.96. The molecule has 3 aromatic rings. The van der Waals surface area contributed by atoms with Crippen molar-refractivity contribution in [3.05, 3.63) is 30.5 Å². The molecule has 2 unspecified atom stereocenters. The first kappa shape index (κ1) is 18.7. The fraction of sp³-hybridized carbons (Fsp3) is 0.400. The average molecular weight is 411 g/mol. The Morgan fingerprint density at radius 1 is 1.33 bits per heavy atom. The van der Waals surface area contributed by atoms with Crippen molar-refractivity contribution in [2.75, 3.05) is 37.0 Å². The molecule has 2 fully saturated rings. The van der Waals surface area contributed by atoms with Crippen LogP contribution in [-0.4, -0.2) is 64.4 Å². The smallest absolute Gasteiger partial charge is 0.228 e. The molecule has 1 amide bonds. The number of anilines is 2. The van der Waals surface area contributed by atoms with Gasteiger partial charge in [0.1, 0.15) is 17.7 Å². The monoisotopic (exact) mass is 411 g/mol. The van der Waals surface area contributed by atoms with Gasteiger partial charge in [-0.25, -0.2) is 18.9 Å². The third-order valence-corrected chi connectivity index (χ3v) is 5.47. The van der Waals surface area contributed by atoms with E-state index in [1.165, 1.54) is 0 Å². The number of nitrogens with one attached hydrogen (secondary N) is 2. The number of methoxy groups -OCH3 is 1. The molecule has 5 heterocycles. The van der Waals surface area contributed by atoms with E-state index in [1.807, 2.05) is 18.2 Å². The molecule has 0 radical (unpaired) electrons. The zero-order chi connectivity index (χ0) is 20.7. The standard InChI is InChI=1S/C20H22FN7O2/c1-30-16-8-18-23-11-15(28(18)26-20(16)27-7-3-6-19(27)29)13-4-2-5-17(24-13)25-14-10-22-9-12(14)21/h2,4-5,8,11-12,14,22H,3,6-7,9-10H2,1H3,(H,24,25). The number of halogens is 1. The van der Waals surface area contributed by atoms with Crippen LogP contribution in [0.1, 0.15) is 12.8 Å². The van der Waals surface area contributed by atoms with E-state index in [9.17, 15) is 9.18 Å². The summed E-state index contributed by atoms with van der Waals surface area (Å²) >= 11 is 0. The van der Waals surface area contributed by atoms with Gasteiger partial charge in [-0.2, -0.15) is 0 Å². The van der Waals surface area contributed by atoms with Gasteiger partial charge in [-0.15, -0.1) is 5.10 Å². The molecular formula is C20H22FN7O2. The summed E-state index contributed by atoms with van der Waals surface area (Å²) in [5, 5.41) is 10.8. The molecule has 2 N–H and O–H groups in total. The number of ether oxygens (including phenoxy) is 1. The van der Waals surface area contributed by atoms with Crippen molar-refractivity contribution < 1.29 is 13.9 Å². The van der Waals surface area contributed by atoms with Crippen LogP contribution in [0.15, 0.2) is 30.5 Å². The van der Waals surface area contributed by atoms with Crippen LogP contribution in [0, 0.1) is 0 Å². The first-order chi connectivity index (χ1) is 14.6. The van der Waals surface area contributed by atoms with Crippen LogP contribution in [0.3, 0.4) is 0 Å². The van der Waals surface area contributed by atoms with E-state index >= 15 is 0 Å². The Morgan fingerprint density at radius 2 is 2.23 bits per heavy atom. The molecule has 0 aliphatic carbocycles. The van der Waals surface area contributed by atoms with Gasteiger partial charge in [-0.05, 0) is 18.6 Å². The molecule has 2 aliphatic rings. The molecule has 9 nitrogen and oxygen atoms in total. The molecule has 0 saturated carbocycles. The van der Waals surface area contributed by atoms with Crippen molar-refractivity contribution in [3.8, 4) is 17.1 Å². The number of pyridine rings is 1. The van der Waals surface area contributed by atoms with Crippen LogP contribution < -0.4 is 20.3 Å². The zero-order valence-electron chi connectivity index (χ0n) is 16.5. The largest absolute Gasteiger partial charge is 0.493 e. The van der Waals surface area contributed by atoms with Gasteiger partial charge >= 0.3 is 0 Å². The summed E-state index contributed by atoms with van der Waals surface area (Å²) in [5.74, 6) is 1.58. The molecule has 5 rings (SSSR count). The molecule has 2 aliphatic heterocycles. The van der Waals surface area contributed by atoms with E-state index in [1.54, 1.807) is 28.8 Å². The van der Waals surface area contributed by atoms with E-state index in [0.29, 0.717) is 60.5 Å². The summed E-state index contributed by atoms with van der Waals surface area (Å²) < 4.78 is 21.0. The van der Waals surface area contributed by atoms with Crippen molar-refractivity contribution in [1.29, 1.82) is 0 Å². The highest BCUT2D eigenvalue weighted by atomic mass is 19.1. The number of alkyl halides is 1. The number of hydrogen-bond acceptors (Lipinski definition) is 7. The lowest BCUT2D eigenvalue weighted by molar-refractivity contribution is -0.117. The highest BCUT2D eigenvalue weighted by Crippen LogP contribution is 2.31. The summed E-state index contributed by atoms with van der Waals surface area (Å²) in [6.45, 7) is 1.50. The summed E-state index contributed by atoms with van der Waals surface area (Å²) in [6.07, 6.45) is 2.01. The molecule has 2 atom stereocenters. The molecule has 30 heavy (non-hydrogen) atoms. The van der Waals surface area contributed by atoms with E-state index in [-0.39, 0.29) is 11.9 Å². The van der Waals surface area contributed by atoms with Crippen LogP contribution in [0.4, 0.5) is 16.0 Å². The first-order valence-corrected chi connectivity index (χ1v) is 9.96. The van der Waals surface area contributed by atoms with Crippen LogP contribution >= 0.6 is 0 Å². The molecular weight excluding hydrogens is 389 g/mol. The molecule has 10 heteroatoms. The third kappa shape index (κ3) is 3.22. The minimum atomic E-state index is -0.957. The van der Waals surface area contributed by atoms with Gasteiger partial charge in [0.15, 0.2) is 17.2 Å². The van der Waals surface area contributed by atoms with Crippen molar-refractivity contribution in [2.24, 2.45) is 0 Å². The number of carbonyl (C=O) groups is 1. The normalized spacial score (nSPS) is 21.5. The summed E-state index contributed by atoms with van der Waals surface area (Å²) in [6, 6.07) is 6.96. The van der Waals surface area contributed by atoms with Crippen LogP contribution in [0.5, 0.6) is 5.75 Å². The maximum Gasteiger partial charge on any atom is 0.228 e. The van der Waals surface area contributed by atoms with Gasteiger partial charge in [0.05, 0.1) is 25.0 Å². The fourth-order valence-electron chi connectivity index (χ4n) is 3.91. The number of fused-ring (bicyclic) bond motifs is 1. The maximum absolute atomic E-state index is 13.9. The van der Waals surface area contributed by atoms with E-state index in [2.05, 4.69) is 25.7 Å². The van der Waals surface area contributed by atoms with Crippen molar-refractivity contribution in [2.45, 2.75) is 25.1 Å². The Morgan fingerprint density at radius 3 is 2.97 bits per heavy atom. The van der Waals surface area contributed by atoms with Gasteiger partial charge in [0.2, 0.25) is 5.91 Å². The Labute approximate surface area is 172 Å². The number of carbonyl (C=O) groups excluding carboxylic acids is 1. The number of aromatic nitrogens is 4. The lowest BCUT2D eigenvalue weighted by Gasteiger charge is -2.18. The Kier molecular flexibility index (Phi) is 4.70. The number of amides is 1. The van der Waals surface area contributed by atoms with Gasteiger partial charge in [0.25, 0.3) is 0 Å². The second-order valence-corrected chi connectivity index (χ2v) is 7.43. The fourth-order valence-corrected chi connectivity index (χ4v) is 3.91. The highest BCUT2D eigenvalue weighted by molar-refractivity contribution is 5.95. The van der Waals surface area contributed by atoms with E-state index < -0.39 is 6.17 Å². The zero-order valence-corrected chi connectivity index (χ0v) is 16.5.